The van der Waals surface area contributed by atoms with Gasteiger partial charge in [0.2, 0.25) is 5.91 Å². The molecule has 7 nitrogen and oxygen atoms in total. The number of imide groups is 1. The first-order valence-electron chi connectivity index (χ1n) is 12.6. The first-order chi connectivity index (χ1) is 17.0. The van der Waals surface area contributed by atoms with E-state index in [0.717, 1.165) is 62.4 Å². The number of hydrogen-bond donors (Lipinski definition) is 0. The molecule has 0 bridgehead atoms. The number of likely N-dealkylation sites (tertiary alicyclic amines) is 1. The van der Waals surface area contributed by atoms with Crippen LogP contribution in [-0.2, 0) is 16.0 Å². The maximum absolute atomic E-state index is 13.2. The van der Waals surface area contributed by atoms with Gasteiger partial charge in [-0.25, -0.2) is 4.90 Å². The van der Waals surface area contributed by atoms with Gasteiger partial charge in [0.15, 0.2) is 0 Å². The van der Waals surface area contributed by atoms with Crippen LogP contribution in [0.1, 0.15) is 44.6 Å². The molecule has 4 rings (SSSR count). The fraction of sp³-hybridized carbons (Fsp3) is 0.500. The number of aryl methyl sites for hydroxylation is 1. The van der Waals surface area contributed by atoms with Gasteiger partial charge in [-0.1, -0.05) is 13.0 Å². The van der Waals surface area contributed by atoms with Gasteiger partial charge in [0.05, 0.1) is 39.0 Å². The van der Waals surface area contributed by atoms with E-state index in [2.05, 4.69) is 17.9 Å². The number of hydrogen-bond acceptors (Lipinski definition) is 6. The van der Waals surface area contributed by atoms with Crippen LogP contribution in [0.25, 0.3) is 0 Å². The van der Waals surface area contributed by atoms with Gasteiger partial charge in [-0.15, -0.1) is 0 Å². The summed E-state index contributed by atoms with van der Waals surface area (Å²) in [5.74, 6) is 2.76. The molecule has 2 aromatic carbocycles. The zero-order valence-corrected chi connectivity index (χ0v) is 21.0. The number of ether oxygens (including phenoxy) is 3. The average Bonchev–Trinajstić information content (AvgIpc) is 3.20. The molecule has 2 amide bonds. The molecule has 188 valence electrons. The molecular weight excluding hydrogens is 444 g/mol. The van der Waals surface area contributed by atoms with E-state index in [1.54, 1.807) is 26.4 Å². The molecule has 0 aliphatic carbocycles. The normalized spacial score (nSPS) is 19.3. The quantitative estimate of drug-likeness (QED) is 0.468. The summed E-state index contributed by atoms with van der Waals surface area (Å²) in [4.78, 5) is 29.5. The van der Waals surface area contributed by atoms with Gasteiger partial charge in [0, 0.05) is 6.07 Å². The Morgan fingerprint density at radius 2 is 1.66 bits per heavy atom. The van der Waals surface area contributed by atoms with Crippen LogP contribution in [0.15, 0.2) is 42.5 Å². The number of carbonyl (C=O) groups is 2. The number of carbonyl (C=O) groups excluding carboxylic acids is 2. The lowest BCUT2D eigenvalue weighted by molar-refractivity contribution is -0.123. The molecule has 35 heavy (non-hydrogen) atoms. The molecule has 2 saturated heterocycles. The first kappa shape index (κ1) is 25.0. The maximum atomic E-state index is 13.2. The summed E-state index contributed by atoms with van der Waals surface area (Å²) in [6.45, 7) is 4.38. The monoisotopic (exact) mass is 480 g/mol. The van der Waals surface area contributed by atoms with Crippen LogP contribution in [0.3, 0.4) is 0 Å². The molecular formula is C28H36N2O5. The van der Waals surface area contributed by atoms with Crippen LogP contribution in [0, 0.1) is 5.92 Å². The van der Waals surface area contributed by atoms with Crippen LogP contribution in [0.4, 0.5) is 5.69 Å². The Hall–Kier alpha value is -3.06. The summed E-state index contributed by atoms with van der Waals surface area (Å²) in [5, 5.41) is 0. The summed E-state index contributed by atoms with van der Waals surface area (Å²) in [6, 6.07) is 12.8. The van der Waals surface area contributed by atoms with Crippen molar-refractivity contribution in [2.45, 2.75) is 51.5 Å². The number of nitrogens with zero attached hydrogens (tertiary/aromatic N) is 2. The van der Waals surface area contributed by atoms with Crippen LogP contribution in [-0.4, -0.2) is 56.7 Å². The van der Waals surface area contributed by atoms with Crippen LogP contribution in [0.2, 0.25) is 0 Å². The maximum Gasteiger partial charge on any atom is 0.251 e. The molecule has 1 atom stereocenters. The number of methoxy groups -OCH3 is 2. The van der Waals surface area contributed by atoms with E-state index in [1.807, 2.05) is 24.3 Å². The minimum atomic E-state index is -0.360. The first-order valence-corrected chi connectivity index (χ1v) is 12.6. The van der Waals surface area contributed by atoms with Gasteiger partial charge in [-0.2, -0.15) is 0 Å². The van der Waals surface area contributed by atoms with Gasteiger partial charge >= 0.3 is 0 Å². The van der Waals surface area contributed by atoms with Crippen molar-refractivity contribution in [3.63, 3.8) is 0 Å². The molecule has 0 radical (unpaired) electrons. The van der Waals surface area contributed by atoms with E-state index >= 15 is 0 Å². The SMILES string of the molecule is CCCOc1ccc(N2C(=O)CC(N3CCC(CCc4ccc(OC)cc4OC)CC3)C2=O)cc1. The predicted octanol–water partition coefficient (Wildman–Crippen LogP) is 4.47. The summed E-state index contributed by atoms with van der Waals surface area (Å²) in [7, 11) is 3.35. The summed E-state index contributed by atoms with van der Waals surface area (Å²) in [6.07, 6.45) is 5.26. The van der Waals surface area contributed by atoms with Crippen LogP contribution in [0.5, 0.6) is 17.2 Å². The highest BCUT2D eigenvalue weighted by Gasteiger charge is 2.43. The van der Waals surface area contributed by atoms with Gasteiger partial charge in [0.25, 0.3) is 5.91 Å². The van der Waals surface area contributed by atoms with Crippen molar-refractivity contribution in [3.05, 3.63) is 48.0 Å². The second-order valence-corrected chi connectivity index (χ2v) is 9.33. The summed E-state index contributed by atoms with van der Waals surface area (Å²) < 4.78 is 16.4. The van der Waals surface area contributed by atoms with Crippen molar-refractivity contribution < 1.29 is 23.8 Å². The minimum Gasteiger partial charge on any atom is -0.497 e. The molecule has 0 saturated carbocycles. The molecule has 1 unspecified atom stereocenters. The fourth-order valence-corrected chi connectivity index (χ4v) is 5.06. The Morgan fingerprint density at radius 1 is 0.943 bits per heavy atom. The van der Waals surface area contributed by atoms with Gasteiger partial charge < -0.3 is 14.2 Å². The third-order valence-corrected chi connectivity index (χ3v) is 7.10. The lowest BCUT2D eigenvalue weighted by Gasteiger charge is -2.35. The molecule has 2 aliphatic rings. The van der Waals surface area contributed by atoms with Crippen LogP contribution < -0.4 is 19.1 Å². The Kier molecular flexibility index (Phi) is 8.29. The Bertz CT molecular complexity index is 1010. The van der Waals surface area contributed by atoms with Gasteiger partial charge in [-0.05, 0) is 87.0 Å². The molecule has 0 N–H and O–H groups in total. The van der Waals surface area contributed by atoms with E-state index in [1.165, 1.54) is 10.5 Å². The Balaban J connectivity index is 1.30. The summed E-state index contributed by atoms with van der Waals surface area (Å²) in [5.41, 5.74) is 1.81. The topological polar surface area (TPSA) is 68.3 Å². The number of amides is 2. The van der Waals surface area contributed by atoms with Crippen molar-refractivity contribution in [2.75, 3.05) is 38.8 Å². The molecule has 2 heterocycles. The number of rotatable bonds is 10. The lowest BCUT2D eigenvalue weighted by atomic mass is 9.89. The highest BCUT2D eigenvalue weighted by molar-refractivity contribution is 6.22. The van der Waals surface area contributed by atoms with Crippen molar-refractivity contribution in [2.24, 2.45) is 5.92 Å². The third-order valence-electron chi connectivity index (χ3n) is 7.10. The molecule has 2 aromatic rings. The smallest absolute Gasteiger partial charge is 0.251 e. The van der Waals surface area contributed by atoms with Crippen molar-refractivity contribution in [3.8, 4) is 17.2 Å². The average molecular weight is 481 g/mol. The number of benzene rings is 2. The van der Waals surface area contributed by atoms with E-state index in [4.69, 9.17) is 14.2 Å². The van der Waals surface area contributed by atoms with E-state index < -0.39 is 0 Å². The third kappa shape index (κ3) is 5.78. The molecule has 2 fully saturated rings. The molecule has 2 aliphatic heterocycles. The molecule has 0 aromatic heterocycles. The van der Waals surface area contributed by atoms with Crippen molar-refractivity contribution in [1.29, 1.82) is 0 Å². The van der Waals surface area contributed by atoms with E-state index in [-0.39, 0.29) is 24.3 Å². The van der Waals surface area contributed by atoms with E-state index in [9.17, 15) is 9.59 Å². The Morgan fingerprint density at radius 3 is 2.31 bits per heavy atom. The van der Waals surface area contributed by atoms with E-state index in [0.29, 0.717) is 18.2 Å². The number of anilines is 1. The zero-order valence-electron chi connectivity index (χ0n) is 21.0. The summed E-state index contributed by atoms with van der Waals surface area (Å²) >= 11 is 0. The predicted molar refractivity (Wildman–Crippen MR) is 135 cm³/mol. The highest BCUT2D eigenvalue weighted by Crippen LogP contribution is 2.32. The van der Waals surface area contributed by atoms with Crippen molar-refractivity contribution in [1.82, 2.24) is 4.90 Å². The second-order valence-electron chi connectivity index (χ2n) is 9.33. The molecule has 7 heteroatoms. The largest absolute Gasteiger partial charge is 0.497 e. The second kappa shape index (κ2) is 11.6. The Labute approximate surface area is 207 Å². The van der Waals surface area contributed by atoms with Gasteiger partial charge in [-0.3, -0.25) is 14.5 Å². The van der Waals surface area contributed by atoms with Crippen molar-refractivity contribution >= 4 is 17.5 Å². The highest BCUT2D eigenvalue weighted by atomic mass is 16.5. The number of piperidine rings is 1. The fourth-order valence-electron chi connectivity index (χ4n) is 5.06. The van der Waals surface area contributed by atoms with Gasteiger partial charge in [0.1, 0.15) is 17.2 Å². The van der Waals surface area contributed by atoms with Crippen LogP contribution >= 0.6 is 0 Å². The molecule has 0 spiro atoms. The zero-order chi connectivity index (χ0) is 24.8. The minimum absolute atomic E-state index is 0.112. The lowest BCUT2D eigenvalue weighted by Crippen LogP contribution is -2.46. The standard InChI is InChI=1S/C28H36N2O5/c1-4-17-35-23-11-8-22(9-12-23)30-27(31)19-25(28(30)32)29-15-13-20(14-16-29)5-6-21-7-10-24(33-2)18-26(21)34-3/h7-12,18,20,25H,4-6,13-17,19H2,1-3H3.